The first-order valence-electron chi connectivity index (χ1n) is 7.43. The van der Waals surface area contributed by atoms with E-state index < -0.39 is 11.7 Å². The number of thiophene rings is 1. The molecule has 0 unspecified atom stereocenters. The topological polar surface area (TPSA) is 64.0 Å². The van der Waals surface area contributed by atoms with Crippen molar-refractivity contribution < 1.29 is 9.59 Å². The molecule has 3 aromatic rings. The molecule has 0 saturated heterocycles. The number of hydrogen-bond acceptors (Lipinski definition) is 4. The summed E-state index contributed by atoms with van der Waals surface area (Å²) in [6.07, 6.45) is 6.06. The lowest BCUT2D eigenvalue weighted by atomic mass is 10.1. The lowest BCUT2D eigenvalue weighted by Gasteiger charge is -2.05. The maximum atomic E-state index is 12.3. The zero-order valence-corrected chi connectivity index (χ0v) is 13.6. The summed E-state index contributed by atoms with van der Waals surface area (Å²) in [5, 5.41) is 3.74. The minimum Gasteiger partial charge on any atom is -0.349 e. The minimum absolute atomic E-state index is 0.452. The minimum atomic E-state index is -0.537. The second kappa shape index (κ2) is 6.75. The van der Waals surface area contributed by atoms with Gasteiger partial charge in [-0.2, -0.15) is 0 Å². The van der Waals surface area contributed by atoms with Crippen molar-refractivity contribution in [2.45, 2.75) is 19.9 Å². The molecule has 0 aliphatic heterocycles. The van der Waals surface area contributed by atoms with Crippen molar-refractivity contribution in [3.8, 4) is 0 Å². The van der Waals surface area contributed by atoms with Gasteiger partial charge in [-0.05, 0) is 30.4 Å². The van der Waals surface area contributed by atoms with Crippen molar-refractivity contribution in [1.82, 2.24) is 14.9 Å². The molecule has 1 aromatic carbocycles. The first-order valence-corrected chi connectivity index (χ1v) is 8.25. The highest BCUT2D eigenvalue weighted by Gasteiger charge is 2.21. The predicted molar refractivity (Wildman–Crippen MR) is 90.7 cm³/mol. The van der Waals surface area contributed by atoms with Crippen LogP contribution in [0.25, 0.3) is 10.1 Å². The van der Waals surface area contributed by atoms with Gasteiger partial charge >= 0.3 is 0 Å². The molecule has 0 bridgehead atoms. The molecule has 0 aliphatic carbocycles. The lowest BCUT2D eigenvalue weighted by Crippen LogP contribution is -2.32. The van der Waals surface area contributed by atoms with Crippen molar-refractivity contribution in [2.75, 3.05) is 6.54 Å². The number of ketones is 1. The standard InChI is InChI=1S/C17H17N3O2S/c1-12-13-5-2-3-6-14(13)23-16(12)15(21)17(22)19-7-4-9-20-10-8-18-11-20/h2-3,5-6,8,10-11H,4,7,9H2,1H3,(H,19,22). The van der Waals surface area contributed by atoms with E-state index in [4.69, 9.17) is 0 Å². The summed E-state index contributed by atoms with van der Waals surface area (Å²) in [6.45, 7) is 3.11. The van der Waals surface area contributed by atoms with Crippen LogP contribution < -0.4 is 5.32 Å². The van der Waals surface area contributed by atoms with E-state index in [2.05, 4.69) is 10.3 Å². The van der Waals surface area contributed by atoms with E-state index in [-0.39, 0.29) is 0 Å². The Kier molecular flexibility index (Phi) is 4.52. The van der Waals surface area contributed by atoms with Crippen LogP contribution >= 0.6 is 11.3 Å². The SMILES string of the molecule is Cc1c(C(=O)C(=O)NCCCn2ccnc2)sc2ccccc12. The Bertz CT molecular complexity index is 837. The van der Waals surface area contributed by atoms with E-state index in [1.54, 1.807) is 12.5 Å². The van der Waals surface area contributed by atoms with Crippen molar-refractivity contribution in [2.24, 2.45) is 0 Å². The van der Waals surface area contributed by atoms with Crippen LogP contribution in [0.5, 0.6) is 0 Å². The van der Waals surface area contributed by atoms with Gasteiger partial charge in [-0.1, -0.05) is 18.2 Å². The number of benzene rings is 1. The van der Waals surface area contributed by atoms with E-state index in [0.717, 1.165) is 28.6 Å². The third-order valence-electron chi connectivity index (χ3n) is 3.69. The molecular weight excluding hydrogens is 310 g/mol. The Labute approximate surface area is 138 Å². The van der Waals surface area contributed by atoms with Gasteiger partial charge in [0.1, 0.15) is 0 Å². The number of amides is 1. The fraction of sp³-hybridized carbons (Fsp3) is 0.235. The van der Waals surface area contributed by atoms with Crippen LogP contribution in [0.4, 0.5) is 0 Å². The molecule has 5 nitrogen and oxygen atoms in total. The summed E-state index contributed by atoms with van der Waals surface area (Å²) in [5.41, 5.74) is 0.879. The molecule has 23 heavy (non-hydrogen) atoms. The normalized spacial score (nSPS) is 10.8. The van der Waals surface area contributed by atoms with Crippen molar-refractivity contribution in [3.63, 3.8) is 0 Å². The Morgan fingerprint density at radius 2 is 2.13 bits per heavy atom. The number of hydrogen-bond donors (Lipinski definition) is 1. The van der Waals surface area contributed by atoms with Crippen molar-refractivity contribution in [3.05, 3.63) is 53.4 Å². The lowest BCUT2D eigenvalue weighted by molar-refractivity contribution is -0.117. The predicted octanol–water partition coefficient (Wildman–Crippen LogP) is 2.80. The van der Waals surface area contributed by atoms with Crippen LogP contribution in [0.15, 0.2) is 43.0 Å². The van der Waals surface area contributed by atoms with E-state index >= 15 is 0 Å². The number of aryl methyl sites for hydroxylation is 2. The van der Waals surface area contributed by atoms with Crippen LogP contribution in [0.3, 0.4) is 0 Å². The fourth-order valence-corrected chi connectivity index (χ4v) is 3.60. The molecule has 118 valence electrons. The molecule has 0 radical (unpaired) electrons. The Morgan fingerprint density at radius 1 is 1.30 bits per heavy atom. The molecule has 1 N–H and O–H groups in total. The fourth-order valence-electron chi connectivity index (χ4n) is 2.46. The van der Waals surface area contributed by atoms with Crippen LogP contribution in [-0.2, 0) is 11.3 Å². The van der Waals surface area contributed by atoms with Gasteiger partial charge in [0.15, 0.2) is 0 Å². The molecule has 0 fully saturated rings. The summed E-state index contributed by atoms with van der Waals surface area (Å²) in [5.74, 6) is -0.989. The largest absolute Gasteiger partial charge is 0.349 e. The van der Waals surface area contributed by atoms with Gasteiger partial charge in [0.2, 0.25) is 0 Å². The maximum absolute atomic E-state index is 12.3. The van der Waals surface area contributed by atoms with Crippen LogP contribution in [-0.4, -0.2) is 27.8 Å². The summed E-state index contributed by atoms with van der Waals surface area (Å²) in [6, 6.07) is 7.81. The molecule has 0 aliphatic rings. The number of Topliss-reactive ketones (excluding diaryl/α,β-unsaturated/α-hetero) is 1. The number of carbonyl (C=O) groups is 2. The molecule has 6 heteroatoms. The first kappa shape index (κ1) is 15.4. The highest BCUT2D eigenvalue weighted by Crippen LogP contribution is 2.30. The van der Waals surface area contributed by atoms with E-state index in [1.165, 1.54) is 11.3 Å². The number of nitrogens with zero attached hydrogens (tertiary/aromatic N) is 2. The second-order valence-corrected chi connectivity index (χ2v) is 6.34. The van der Waals surface area contributed by atoms with E-state index in [0.29, 0.717) is 11.4 Å². The zero-order valence-electron chi connectivity index (χ0n) is 12.8. The van der Waals surface area contributed by atoms with E-state index in [1.807, 2.05) is 42.0 Å². The monoisotopic (exact) mass is 327 g/mol. The molecule has 0 atom stereocenters. The number of imidazole rings is 1. The second-order valence-electron chi connectivity index (χ2n) is 5.29. The third-order valence-corrected chi connectivity index (χ3v) is 4.97. The average Bonchev–Trinajstić information content (AvgIpc) is 3.19. The smallest absolute Gasteiger partial charge is 0.293 e. The summed E-state index contributed by atoms with van der Waals surface area (Å²) in [4.78, 5) is 28.9. The van der Waals surface area contributed by atoms with Gasteiger partial charge in [0.05, 0.1) is 11.2 Å². The average molecular weight is 327 g/mol. The van der Waals surface area contributed by atoms with Gasteiger partial charge in [-0.3, -0.25) is 9.59 Å². The molecule has 3 rings (SSSR count). The first-order chi connectivity index (χ1) is 11.2. The van der Waals surface area contributed by atoms with Crippen LogP contribution in [0.2, 0.25) is 0 Å². The Morgan fingerprint density at radius 3 is 2.87 bits per heavy atom. The van der Waals surface area contributed by atoms with Crippen molar-refractivity contribution >= 4 is 33.1 Å². The van der Waals surface area contributed by atoms with Gasteiger partial charge in [0, 0.05) is 30.2 Å². The van der Waals surface area contributed by atoms with Gasteiger partial charge in [-0.15, -0.1) is 11.3 Å². The molecule has 0 saturated carbocycles. The molecule has 2 heterocycles. The van der Waals surface area contributed by atoms with Gasteiger partial charge in [-0.25, -0.2) is 4.98 Å². The number of nitrogens with one attached hydrogen (secondary N) is 1. The molecular formula is C17H17N3O2S. The number of fused-ring (bicyclic) bond motifs is 1. The Balaban J connectivity index is 1.60. The van der Waals surface area contributed by atoms with Gasteiger partial charge in [0.25, 0.3) is 11.7 Å². The Hall–Kier alpha value is -2.47. The van der Waals surface area contributed by atoms with Crippen LogP contribution in [0, 0.1) is 6.92 Å². The molecule has 2 aromatic heterocycles. The van der Waals surface area contributed by atoms with Crippen molar-refractivity contribution in [1.29, 1.82) is 0 Å². The van der Waals surface area contributed by atoms with Gasteiger partial charge < -0.3 is 9.88 Å². The highest BCUT2D eigenvalue weighted by atomic mass is 32.1. The number of aromatic nitrogens is 2. The third kappa shape index (κ3) is 3.32. The summed E-state index contributed by atoms with van der Waals surface area (Å²) >= 11 is 1.37. The summed E-state index contributed by atoms with van der Waals surface area (Å²) < 4.78 is 2.96. The molecule has 0 spiro atoms. The zero-order chi connectivity index (χ0) is 16.2. The number of rotatable bonds is 6. The highest BCUT2D eigenvalue weighted by molar-refractivity contribution is 7.21. The molecule has 1 amide bonds. The van der Waals surface area contributed by atoms with Crippen LogP contribution in [0.1, 0.15) is 21.7 Å². The quantitative estimate of drug-likeness (QED) is 0.430. The maximum Gasteiger partial charge on any atom is 0.293 e. The van der Waals surface area contributed by atoms with E-state index in [9.17, 15) is 9.59 Å². The number of carbonyl (C=O) groups excluding carboxylic acids is 2. The summed E-state index contributed by atoms with van der Waals surface area (Å²) in [7, 11) is 0.